The molecule has 2 atom stereocenters. The molecule has 2 unspecified atom stereocenters. The van der Waals surface area contributed by atoms with E-state index in [0.717, 1.165) is 17.8 Å². The topological polar surface area (TPSA) is 17.8 Å². The zero-order chi connectivity index (χ0) is 15.0. The first kappa shape index (κ1) is 15.8. The molecule has 0 N–H and O–H groups in total. The van der Waals surface area contributed by atoms with E-state index in [4.69, 9.17) is 11.6 Å². The van der Waals surface area contributed by atoms with Crippen LogP contribution < -0.4 is 0 Å². The molecule has 0 aliphatic rings. The van der Waals surface area contributed by atoms with Gasteiger partial charge < -0.3 is 4.57 Å². The lowest BCUT2D eigenvalue weighted by Gasteiger charge is -2.24. The Kier molecular flexibility index (Phi) is 4.75. The SMILES string of the molecule is CCC(C(C)C)n1c(C(C)Cl)nc2cc(F)c(Br)cc21. The fraction of sp³-hybridized carbons (Fsp3) is 0.533. The van der Waals surface area contributed by atoms with Crippen molar-refractivity contribution in [2.24, 2.45) is 5.92 Å². The van der Waals surface area contributed by atoms with Crippen LogP contribution in [-0.2, 0) is 0 Å². The summed E-state index contributed by atoms with van der Waals surface area (Å²) in [6, 6.07) is 3.56. The van der Waals surface area contributed by atoms with E-state index >= 15 is 0 Å². The number of hydrogen-bond acceptors (Lipinski definition) is 1. The molecule has 0 saturated heterocycles. The molecule has 0 radical (unpaired) electrons. The Hall–Kier alpha value is -0.610. The van der Waals surface area contributed by atoms with Gasteiger partial charge in [0.1, 0.15) is 11.6 Å². The number of hydrogen-bond donors (Lipinski definition) is 0. The molecule has 0 spiro atoms. The molecule has 0 amide bonds. The van der Waals surface area contributed by atoms with E-state index < -0.39 is 0 Å². The number of rotatable bonds is 4. The smallest absolute Gasteiger partial charge is 0.139 e. The highest BCUT2D eigenvalue weighted by Crippen LogP contribution is 2.34. The fourth-order valence-electron chi connectivity index (χ4n) is 2.69. The maximum Gasteiger partial charge on any atom is 0.139 e. The molecular weight excluding hydrogens is 343 g/mol. The normalized spacial score (nSPS) is 15.0. The average molecular weight is 362 g/mol. The predicted molar refractivity (Wildman–Crippen MR) is 85.8 cm³/mol. The Balaban J connectivity index is 2.77. The van der Waals surface area contributed by atoms with Crippen molar-refractivity contribution in [2.75, 3.05) is 0 Å². The molecule has 0 saturated carbocycles. The molecule has 0 aliphatic carbocycles. The van der Waals surface area contributed by atoms with Gasteiger partial charge in [-0.1, -0.05) is 20.8 Å². The number of fused-ring (bicyclic) bond motifs is 1. The van der Waals surface area contributed by atoms with Crippen LogP contribution >= 0.6 is 27.5 Å². The lowest BCUT2D eigenvalue weighted by atomic mass is 10.0. The van der Waals surface area contributed by atoms with Crippen LogP contribution in [0, 0.1) is 11.7 Å². The minimum Gasteiger partial charge on any atom is -0.323 e. The van der Waals surface area contributed by atoms with Crippen LogP contribution in [0.3, 0.4) is 0 Å². The minimum absolute atomic E-state index is 0.211. The molecule has 2 nitrogen and oxygen atoms in total. The predicted octanol–water partition coefficient (Wildman–Crippen LogP) is 5.84. The molecule has 0 bridgehead atoms. The molecule has 0 aliphatic heterocycles. The Morgan fingerprint density at radius 3 is 2.50 bits per heavy atom. The second-order valence-electron chi connectivity index (χ2n) is 5.43. The Morgan fingerprint density at radius 1 is 1.35 bits per heavy atom. The van der Waals surface area contributed by atoms with Gasteiger partial charge in [-0.2, -0.15) is 0 Å². The number of benzene rings is 1. The Labute approximate surface area is 132 Å². The Morgan fingerprint density at radius 2 is 2.00 bits per heavy atom. The van der Waals surface area contributed by atoms with Crippen LogP contribution in [0.2, 0.25) is 0 Å². The summed E-state index contributed by atoms with van der Waals surface area (Å²) in [6.07, 6.45) is 0.981. The van der Waals surface area contributed by atoms with E-state index in [2.05, 4.69) is 46.3 Å². The lowest BCUT2D eigenvalue weighted by Crippen LogP contribution is -2.17. The number of imidazole rings is 1. The largest absolute Gasteiger partial charge is 0.323 e. The highest BCUT2D eigenvalue weighted by molar-refractivity contribution is 9.10. The molecule has 1 aromatic heterocycles. The van der Waals surface area contributed by atoms with Gasteiger partial charge in [0.15, 0.2) is 0 Å². The third-order valence-electron chi connectivity index (χ3n) is 3.63. The van der Waals surface area contributed by atoms with E-state index in [1.807, 2.05) is 6.92 Å². The van der Waals surface area contributed by atoms with Crippen molar-refractivity contribution in [2.45, 2.75) is 45.5 Å². The van der Waals surface area contributed by atoms with Gasteiger partial charge in [-0.05, 0) is 41.3 Å². The van der Waals surface area contributed by atoms with Crippen molar-refractivity contribution in [1.29, 1.82) is 0 Å². The van der Waals surface area contributed by atoms with Crippen molar-refractivity contribution in [1.82, 2.24) is 9.55 Å². The van der Waals surface area contributed by atoms with Crippen LogP contribution in [0.25, 0.3) is 11.0 Å². The first-order chi connectivity index (χ1) is 9.36. The summed E-state index contributed by atoms with van der Waals surface area (Å²) < 4.78 is 16.3. The third-order valence-corrected chi connectivity index (χ3v) is 4.44. The van der Waals surface area contributed by atoms with Crippen LogP contribution in [0.4, 0.5) is 4.39 Å². The van der Waals surface area contributed by atoms with Gasteiger partial charge in [-0.3, -0.25) is 0 Å². The van der Waals surface area contributed by atoms with Crippen LogP contribution in [0.1, 0.15) is 51.4 Å². The van der Waals surface area contributed by atoms with Crippen LogP contribution in [-0.4, -0.2) is 9.55 Å². The summed E-state index contributed by atoms with van der Waals surface area (Å²) in [6.45, 7) is 8.41. The van der Waals surface area contributed by atoms with Crippen LogP contribution in [0.15, 0.2) is 16.6 Å². The molecule has 2 aromatic rings. The van der Waals surface area contributed by atoms with E-state index in [1.165, 1.54) is 6.07 Å². The highest BCUT2D eigenvalue weighted by Gasteiger charge is 2.23. The second kappa shape index (κ2) is 6.02. The molecular formula is C15H19BrClFN2. The summed E-state index contributed by atoms with van der Waals surface area (Å²) in [5, 5.41) is -0.211. The van der Waals surface area contributed by atoms with Gasteiger partial charge >= 0.3 is 0 Å². The first-order valence-corrected chi connectivity index (χ1v) is 8.10. The molecule has 110 valence electrons. The molecule has 5 heteroatoms. The van der Waals surface area contributed by atoms with Gasteiger partial charge in [0.05, 0.1) is 20.9 Å². The summed E-state index contributed by atoms with van der Waals surface area (Å²) in [7, 11) is 0. The quantitative estimate of drug-likeness (QED) is 0.625. The number of nitrogens with zero attached hydrogens (tertiary/aromatic N) is 2. The van der Waals surface area contributed by atoms with Crippen molar-refractivity contribution in [3.05, 3.63) is 28.2 Å². The second-order valence-corrected chi connectivity index (χ2v) is 6.94. The van der Waals surface area contributed by atoms with Crippen LogP contribution in [0.5, 0.6) is 0 Å². The van der Waals surface area contributed by atoms with Gasteiger partial charge in [0, 0.05) is 12.1 Å². The molecule has 1 aromatic carbocycles. The zero-order valence-electron chi connectivity index (χ0n) is 12.1. The van der Waals surface area contributed by atoms with Gasteiger partial charge in [-0.25, -0.2) is 9.37 Å². The summed E-state index contributed by atoms with van der Waals surface area (Å²) >= 11 is 9.53. The third kappa shape index (κ3) is 2.73. The van der Waals surface area contributed by atoms with Crippen molar-refractivity contribution < 1.29 is 4.39 Å². The van der Waals surface area contributed by atoms with E-state index in [1.54, 1.807) is 6.07 Å². The summed E-state index contributed by atoms with van der Waals surface area (Å²) in [5.41, 5.74) is 1.59. The standard InChI is InChI=1S/C15H19BrClFN2/c1-5-13(8(2)3)20-14-6-10(16)11(18)7-12(14)19-15(20)9(4)17/h6-9,13H,5H2,1-4H3. The minimum atomic E-state index is -0.298. The molecule has 2 rings (SSSR count). The molecule has 0 fully saturated rings. The van der Waals surface area contributed by atoms with Gasteiger partial charge in [-0.15, -0.1) is 11.6 Å². The first-order valence-electron chi connectivity index (χ1n) is 6.87. The number of alkyl halides is 1. The van der Waals surface area contributed by atoms with Crippen molar-refractivity contribution in [3.8, 4) is 0 Å². The zero-order valence-corrected chi connectivity index (χ0v) is 14.5. The van der Waals surface area contributed by atoms with E-state index in [0.29, 0.717) is 21.9 Å². The van der Waals surface area contributed by atoms with E-state index in [9.17, 15) is 4.39 Å². The maximum absolute atomic E-state index is 13.7. The number of halogens is 3. The van der Waals surface area contributed by atoms with Gasteiger partial charge in [0.25, 0.3) is 0 Å². The van der Waals surface area contributed by atoms with Gasteiger partial charge in [0.2, 0.25) is 0 Å². The van der Waals surface area contributed by atoms with Crippen molar-refractivity contribution in [3.63, 3.8) is 0 Å². The summed E-state index contributed by atoms with van der Waals surface area (Å²) in [4.78, 5) is 4.54. The van der Waals surface area contributed by atoms with E-state index in [-0.39, 0.29) is 11.2 Å². The monoisotopic (exact) mass is 360 g/mol. The summed E-state index contributed by atoms with van der Waals surface area (Å²) in [5.74, 6) is 0.962. The maximum atomic E-state index is 13.7. The molecule has 1 heterocycles. The van der Waals surface area contributed by atoms with Crippen molar-refractivity contribution >= 4 is 38.6 Å². The average Bonchev–Trinajstić information content (AvgIpc) is 2.70. The number of aromatic nitrogens is 2. The highest BCUT2D eigenvalue weighted by atomic mass is 79.9. The lowest BCUT2D eigenvalue weighted by molar-refractivity contribution is 0.364. The Bertz CT molecular complexity index is 622. The fourth-order valence-corrected chi connectivity index (χ4v) is 3.18. The molecule has 20 heavy (non-hydrogen) atoms.